The van der Waals surface area contributed by atoms with E-state index in [1.165, 1.54) is 0 Å². The Hall–Kier alpha value is -1.98. The van der Waals surface area contributed by atoms with Gasteiger partial charge in [-0.25, -0.2) is 0 Å². The summed E-state index contributed by atoms with van der Waals surface area (Å²) in [5.74, 6) is 1.44. The summed E-state index contributed by atoms with van der Waals surface area (Å²) in [4.78, 5) is 0. The van der Waals surface area contributed by atoms with E-state index in [1.54, 1.807) is 12.1 Å². The Bertz CT molecular complexity index is 554. The summed E-state index contributed by atoms with van der Waals surface area (Å²) >= 11 is 0. The maximum atomic E-state index is 9.05. The zero-order valence-electron chi connectivity index (χ0n) is 12.0. The van der Waals surface area contributed by atoms with Gasteiger partial charge in [-0.05, 0) is 29.6 Å². The van der Waals surface area contributed by atoms with Crippen LogP contribution in [-0.2, 0) is 6.61 Å². The maximum Gasteiger partial charge on any atom is 0.488 e. The normalized spacial score (nSPS) is 10.2. The van der Waals surface area contributed by atoms with Crippen LogP contribution in [0.25, 0.3) is 0 Å². The molecule has 2 aromatic rings. The molecule has 5 heteroatoms. The largest absolute Gasteiger partial charge is 0.490 e. The summed E-state index contributed by atoms with van der Waals surface area (Å²) in [6, 6.07) is 14.5. The third-order valence-electron chi connectivity index (χ3n) is 2.98. The van der Waals surface area contributed by atoms with Gasteiger partial charge in [0.1, 0.15) is 6.61 Å². The van der Waals surface area contributed by atoms with E-state index in [0.717, 1.165) is 17.7 Å². The monoisotopic (exact) mass is 286 g/mol. The lowest BCUT2D eigenvalue weighted by Gasteiger charge is -2.12. The van der Waals surface area contributed by atoms with Crippen LogP contribution in [0, 0.1) is 0 Å². The quantitative estimate of drug-likeness (QED) is 0.761. The van der Waals surface area contributed by atoms with E-state index in [9.17, 15) is 0 Å². The van der Waals surface area contributed by atoms with Crippen LogP contribution in [0.1, 0.15) is 18.9 Å². The average molecular weight is 286 g/mol. The van der Waals surface area contributed by atoms with E-state index in [2.05, 4.69) is 6.92 Å². The van der Waals surface area contributed by atoms with Crippen LogP contribution >= 0.6 is 0 Å². The predicted molar refractivity (Wildman–Crippen MR) is 82.8 cm³/mol. The Morgan fingerprint density at radius 2 is 1.52 bits per heavy atom. The molecular weight excluding hydrogens is 267 g/mol. The highest BCUT2D eigenvalue weighted by molar-refractivity contribution is 6.58. The van der Waals surface area contributed by atoms with Gasteiger partial charge in [-0.15, -0.1) is 0 Å². The molecule has 0 atom stereocenters. The first kappa shape index (κ1) is 15.4. The summed E-state index contributed by atoms with van der Waals surface area (Å²) < 4.78 is 11.4. The van der Waals surface area contributed by atoms with Crippen molar-refractivity contribution in [3.63, 3.8) is 0 Å². The van der Waals surface area contributed by atoms with Crippen LogP contribution in [0.15, 0.2) is 48.5 Å². The summed E-state index contributed by atoms with van der Waals surface area (Å²) in [5.41, 5.74) is 1.41. The van der Waals surface area contributed by atoms with Crippen molar-refractivity contribution in [1.82, 2.24) is 0 Å². The van der Waals surface area contributed by atoms with E-state index >= 15 is 0 Å². The molecule has 2 rings (SSSR count). The van der Waals surface area contributed by atoms with Crippen LogP contribution in [0.5, 0.6) is 11.5 Å². The molecule has 0 saturated heterocycles. The Kier molecular flexibility index (Phi) is 5.66. The molecule has 21 heavy (non-hydrogen) atoms. The minimum Gasteiger partial charge on any atom is -0.490 e. The van der Waals surface area contributed by atoms with Crippen LogP contribution in [0.2, 0.25) is 0 Å². The van der Waals surface area contributed by atoms with E-state index in [1.807, 2.05) is 36.4 Å². The summed E-state index contributed by atoms with van der Waals surface area (Å²) in [6.07, 6.45) is 0.944. The number of rotatable bonds is 7. The number of para-hydroxylation sites is 2. The SMILES string of the molecule is CCCOc1ccccc1OCc1ccc(B(O)O)cc1. The molecule has 0 amide bonds. The Morgan fingerprint density at radius 1 is 0.905 bits per heavy atom. The number of ether oxygens (including phenoxy) is 2. The summed E-state index contributed by atoms with van der Waals surface area (Å²) in [7, 11) is -1.44. The molecule has 0 aromatic heterocycles. The standard InChI is InChI=1S/C16H19BO4/c1-2-11-20-15-5-3-4-6-16(15)21-12-13-7-9-14(10-8-13)17(18)19/h3-10,18-19H,2,11-12H2,1H3. The predicted octanol–water partition coefficient (Wildman–Crippen LogP) is 1.73. The first-order valence-electron chi connectivity index (χ1n) is 7.00. The Labute approximate surface area is 125 Å². The van der Waals surface area contributed by atoms with Crippen molar-refractivity contribution >= 4 is 12.6 Å². The van der Waals surface area contributed by atoms with Gasteiger partial charge in [0, 0.05) is 0 Å². The van der Waals surface area contributed by atoms with Gasteiger partial charge >= 0.3 is 7.12 Å². The van der Waals surface area contributed by atoms with Crippen molar-refractivity contribution in [3.8, 4) is 11.5 Å². The first-order valence-corrected chi connectivity index (χ1v) is 7.00. The number of hydrogen-bond acceptors (Lipinski definition) is 4. The van der Waals surface area contributed by atoms with Crippen molar-refractivity contribution in [3.05, 3.63) is 54.1 Å². The van der Waals surface area contributed by atoms with E-state index in [0.29, 0.717) is 24.4 Å². The molecule has 0 unspecified atom stereocenters. The molecule has 0 aliphatic carbocycles. The lowest BCUT2D eigenvalue weighted by molar-refractivity contribution is 0.262. The Balaban J connectivity index is 1.99. The van der Waals surface area contributed by atoms with Crippen molar-refractivity contribution in [2.45, 2.75) is 20.0 Å². The topological polar surface area (TPSA) is 58.9 Å². The lowest BCUT2D eigenvalue weighted by atomic mass is 9.80. The van der Waals surface area contributed by atoms with Gasteiger partial charge in [0.15, 0.2) is 11.5 Å². The van der Waals surface area contributed by atoms with Crippen molar-refractivity contribution < 1.29 is 19.5 Å². The minimum absolute atomic E-state index is 0.397. The van der Waals surface area contributed by atoms with Crippen LogP contribution in [0.4, 0.5) is 0 Å². The van der Waals surface area contributed by atoms with Gasteiger partial charge in [-0.3, -0.25) is 0 Å². The zero-order valence-corrected chi connectivity index (χ0v) is 12.0. The molecule has 0 saturated carbocycles. The molecule has 0 spiro atoms. The first-order chi connectivity index (χ1) is 10.2. The maximum absolute atomic E-state index is 9.05. The third-order valence-corrected chi connectivity index (χ3v) is 2.98. The minimum atomic E-state index is -1.44. The van der Waals surface area contributed by atoms with Gasteiger partial charge in [0.2, 0.25) is 0 Å². The fourth-order valence-electron chi connectivity index (χ4n) is 1.85. The second kappa shape index (κ2) is 7.71. The third kappa shape index (κ3) is 4.51. The molecule has 4 nitrogen and oxygen atoms in total. The molecule has 0 aliphatic rings. The molecule has 0 bridgehead atoms. The highest BCUT2D eigenvalue weighted by atomic mass is 16.5. The molecular formula is C16H19BO4. The summed E-state index contributed by atoms with van der Waals surface area (Å²) in [5, 5.41) is 18.1. The van der Waals surface area contributed by atoms with Crippen molar-refractivity contribution in [2.24, 2.45) is 0 Å². The second-order valence-corrected chi connectivity index (χ2v) is 4.70. The van der Waals surface area contributed by atoms with Gasteiger partial charge in [-0.2, -0.15) is 0 Å². The van der Waals surface area contributed by atoms with Crippen LogP contribution in [-0.4, -0.2) is 23.8 Å². The average Bonchev–Trinajstić information content (AvgIpc) is 2.52. The highest BCUT2D eigenvalue weighted by Gasteiger charge is 2.10. The smallest absolute Gasteiger partial charge is 0.488 e. The highest BCUT2D eigenvalue weighted by Crippen LogP contribution is 2.27. The molecule has 2 N–H and O–H groups in total. The molecule has 0 radical (unpaired) electrons. The fourth-order valence-corrected chi connectivity index (χ4v) is 1.85. The molecule has 110 valence electrons. The van der Waals surface area contributed by atoms with Crippen molar-refractivity contribution in [2.75, 3.05) is 6.61 Å². The van der Waals surface area contributed by atoms with Gasteiger partial charge in [-0.1, -0.05) is 43.3 Å². The van der Waals surface area contributed by atoms with Gasteiger partial charge < -0.3 is 19.5 Å². The van der Waals surface area contributed by atoms with E-state index in [-0.39, 0.29) is 0 Å². The number of benzene rings is 2. The van der Waals surface area contributed by atoms with Gasteiger partial charge in [0.25, 0.3) is 0 Å². The second-order valence-electron chi connectivity index (χ2n) is 4.70. The molecule has 2 aromatic carbocycles. The molecule has 0 heterocycles. The fraction of sp³-hybridized carbons (Fsp3) is 0.250. The molecule has 0 aliphatic heterocycles. The number of hydrogen-bond donors (Lipinski definition) is 2. The van der Waals surface area contributed by atoms with Crippen LogP contribution < -0.4 is 14.9 Å². The molecule has 0 fully saturated rings. The van der Waals surface area contributed by atoms with Crippen molar-refractivity contribution in [1.29, 1.82) is 0 Å². The summed E-state index contributed by atoms with van der Waals surface area (Å²) in [6.45, 7) is 3.11. The lowest BCUT2D eigenvalue weighted by Crippen LogP contribution is -2.29. The van der Waals surface area contributed by atoms with Gasteiger partial charge in [0.05, 0.1) is 6.61 Å². The van der Waals surface area contributed by atoms with E-state index < -0.39 is 7.12 Å². The zero-order chi connectivity index (χ0) is 15.1. The Morgan fingerprint density at radius 3 is 2.10 bits per heavy atom. The van der Waals surface area contributed by atoms with Crippen LogP contribution in [0.3, 0.4) is 0 Å². The van der Waals surface area contributed by atoms with E-state index in [4.69, 9.17) is 19.5 Å².